The summed E-state index contributed by atoms with van der Waals surface area (Å²) < 4.78 is 0. The van der Waals surface area contributed by atoms with Crippen LogP contribution in [0.5, 0.6) is 0 Å². The summed E-state index contributed by atoms with van der Waals surface area (Å²) in [5.74, 6) is 0.718. The fourth-order valence-electron chi connectivity index (χ4n) is 1.77. The van der Waals surface area contributed by atoms with Crippen LogP contribution in [0.4, 0.5) is 0 Å². The van der Waals surface area contributed by atoms with Gasteiger partial charge in [-0.1, -0.05) is 53.0 Å². The molecule has 0 aliphatic carbocycles. The maximum Gasteiger partial charge on any atom is 0.0239 e. The average molecular weight is 243 g/mol. The molecule has 2 unspecified atom stereocenters. The first kappa shape index (κ1) is 16.1. The summed E-state index contributed by atoms with van der Waals surface area (Å²) in [6, 6.07) is 0. The van der Waals surface area contributed by atoms with Crippen molar-refractivity contribution in [2.24, 2.45) is 11.7 Å². The molecule has 0 spiro atoms. The Morgan fingerprint density at radius 2 is 1.94 bits per heavy atom. The van der Waals surface area contributed by atoms with Crippen LogP contribution in [0, 0.1) is 5.92 Å². The van der Waals surface area contributed by atoms with Gasteiger partial charge in [0.2, 0.25) is 0 Å². The zero-order chi connectivity index (χ0) is 12.4. The molecule has 1 nitrogen and oxygen atoms in total. The molecule has 0 amide bonds. The van der Waals surface area contributed by atoms with Crippen LogP contribution in [0.15, 0.2) is 11.5 Å². The number of thioether (sulfide) groups is 1. The normalized spacial score (nSPS) is 14.8. The highest BCUT2D eigenvalue weighted by atomic mass is 32.2. The van der Waals surface area contributed by atoms with Crippen LogP contribution < -0.4 is 5.73 Å². The molecule has 0 radical (unpaired) electrons. The molecule has 2 atom stereocenters. The second-order valence-corrected chi connectivity index (χ2v) is 6.03. The van der Waals surface area contributed by atoms with Crippen molar-refractivity contribution in [2.75, 3.05) is 6.54 Å². The Morgan fingerprint density at radius 1 is 1.25 bits per heavy atom. The highest BCUT2D eigenvalue weighted by Crippen LogP contribution is 2.29. The van der Waals surface area contributed by atoms with Crippen molar-refractivity contribution in [1.29, 1.82) is 0 Å². The van der Waals surface area contributed by atoms with E-state index in [1.807, 2.05) is 11.8 Å². The summed E-state index contributed by atoms with van der Waals surface area (Å²) in [6.45, 7) is 11.6. The van der Waals surface area contributed by atoms with Crippen molar-refractivity contribution in [3.05, 3.63) is 11.5 Å². The van der Waals surface area contributed by atoms with E-state index in [0.717, 1.165) is 18.9 Å². The van der Waals surface area contributed by atoms with Crippen LogP contribution in [0.1, 0.15) is 59.3 Å². The lowest BCUT2D eigenvalue weighted by molar-refractivity contribution is 0.476. The van der Waals surface area contributed by atoms with Crippen LogP contribution in [0.25, 0.3) is 0 Å². The number of nitrogens with two attached hydrogens (primary N) is 1. The molecule has 2 N–H and O–H groups in total. The third-order valence-corrected chi connectivity index (χ3v) is 4.67. The van der Waals surface area contributed by atoms with E-state index < -0.39 is 0 Å². The van der Waals surface area contributed by atoms with Gasteiger partial charge in [0.05, 0.1) is 0 Å². The first-order valence-electron chi connectivity index (χ1n) is 6.70. The molecule has 0 aliphatic heterocycles. The van der Waals surface area contributed by atoms with Gasteiger partial charge in [-0.05, 0) is 23.7 Å². The summed E-state index contributed by atoms with van der Waals surface area (Å²) in [6.07, 6.45) is 7.78. The van der Waals surface area contributed by atoms with Crippen molar-refractivity contribution in [3.63, 3.8) is 0 Å². The number of rotatable bonds is 10. The maximum atomic E-state index is 5.85. The van der Waals surface area contributed by atoms with E-state index in [0.29, 0.717) is 5.25 Å². The van der Waals surface area contributed by atoms with Gasteiger partial charge < -0.3 is 5.73 Å². The number of unbranched alkanes of at least 4 members (excludes halogenated alkanes) is 3. The van der Waals surface area contributed by atoms with Gasteiger partial charge in [-0.2, -0.15) is 0 Å². The molecule has 0 rings (SSSR count). The summed E-state index contributed by atoms with van der Waals surface area (Å²) in [5, 5.41) is 0.564. The van der Waals surface area contributed by atoms with Gasteiger partial charge in [0.25, 0.3) is 0 Å². The van der Waals surface area contributed by atoms with Crippen LogP contribution >= 0.6 is 11.8 Å². The number of allylic oxidation sites excluding steroid dienone is 1. The molecule has 96 valence electrons. The average Bonchev–Trinajstić information content (AvgIpc) is 2.30. The Balaban J connectivity index is 3.81. The Kier molecular flexibility index (Phi) is 10.3. The number of hydrogen-bond donors (Lipinski definition) is 1. The van der Waals surface area contributed by atoms with Gasteiger partial charge in [-0.25, -0.2) is 0 Å². The highest BCUT2D eigenvalue weighted by Gasteiger charge is 2.16. The molecule has 0 aromatic carbocycles. The lowest BCUT2D eigenvalue weighted by Gasteiger charge is -2.22. The fourth-order valence-corrected chi connectivity index (χ4v) is 2.83. The van der Waals surface area contributed by atoms with E-state index in [2.05, 4.69) is 27.4 Å². The summed E-state index contributed by atoms with van der Waals surface area (Å²) in [4.78, 5) is 1.27. The van der Waals surface area contributed by atoms with Gasteiger partial charge >= 0.3 is 0 Å². The van der Waals surface area contributed by atoms with Crippen LogP contribution in [0.3, 0.4) is 0 Å². The van der Waals surface area contributed by atoms with Crippen LogP contribution in [-0.2, 0) is 0 Å². The van der Waals surface area contributed by atoms with Crippen molar-refractivity contribution in [2.45, 2.75) is 64.5 Å². The lowest BCUT2D eigenvalue weighted by atomic mass is 9.99. The summed E-state index contributed by atoms with van der Waals surface area (Å²) >= 11 is 1.90. The van der Waals surface area contributed by atoms with Crippen LogP contribution in [-0.4, -0.2) is 11.8 Å². The molecule has 0 saturated carbocycles. The summed E-state index contributed by atoms with van der Waals surface area (Å²) in [7, 11) is 0. The molecule has 0 fully saturated rings. The maximum absolute atomic E-state index is 5.85. The van der Waals surface area contributed by atoms with E-state index in [-0.39, 0.29) is 0 Å². The third-order valence-electron chi connectivity index (χ3n) is 3.09. The van der Waals surface area contributed by atoms with E-state index in [9.17, 15) is 0 Å². The quantitative estimate of drug-likeness (QED) is 0.568. The molecule has 0 aliphatic rings. The number of hydrogen-bond acceptors (Lipinski definition) is 2. The van der Waals surface area contributed by atoms with Gasteiger partial charge in [-0.3, -0.25) is 0 Å². The van der Waals surface area contributed by atoms with Crippen molar-refractivity contribution in [3.8, 4) is 0 Å². The van der Waals surface area contributed by atoms with Gasteiger partial charge in [0.15, 0.2) is 0 Å². The van der Waals surface area contributed by atoms with E-state index >= 15 is 0 Å². The Bertz CT molecular complexity index is 180. The topological polar surface area (TPSA) is 26.0 Å². The zero-order valence-electron chi connectivity index (χ0n) is 11.3. The standard InChI is InChI=1S/C14H29NS/c1-5-7-8-9-10-12(3)14(11-15)16-13(4)6-2/h12,14H,4-11,15H2,1-3H3. The molecule has 0 aromatic heterocycles. The minimum atomic E-state index is 0.564. The van der Waals surface area contributed by atoms with Crippen molar-refractivity contribution < 1.29 is 0 Å². The first-order valence-corrected chi connectivity index (χ1v) is 7.58. The van der Waals surface area contributed by atoms with Gasteiger partial charge in [0, 0.05) is 11.8 Å². The second-order valence-electron chi connectivity index (χ2n) is 4.61. The van der Waals surface area contributed by atoms with E-state index in [1.165, 1.54) is 37.0 Å². The van der Waals surface area contributed by atoms with Gasteiger partial charge in [0.1, 0.15) is 0 Å². The van der Waals surface area contributed by atoms with E-state index in [4.69, 9.17) is 5.73 Å². The SMILES string of the molecule is C=C(CC)SC(CN)C(C)CCCCCC. The molecule has 16 heavy (non-hydrogen) atoms. The minimum absolute atomic E-state index is 0.564. The molecule has 2 heteroatoms. The Hall–Kier alpha value is 0.0500. The van der Waals surface area contributed by atoms with E-state index in [1.54, 1.807) is 0 Å². The molecular weight excluding hydrogens is 214 g/mol. The molecular formula is C14H29NS. The smallest absolute Gasteiger partial charge is 0.0239 e. The van der Waals surface area contributed by atoms with Crippen molar-refractivity contribution >= 4 is 11.8 Å². The Morgan fingerprint density at radius 3 is 2.44 bits per heavy atom. The van der Waals surface area contributed by atoms with Gasteiger partial charge in [-0.15, -0.1) is 11.8 Å². The first-order chi connectivity index (χ1) is 7.65. The predicted molar refractivity (Wildman–Crippen MR) is 77.8 cm³/mol. The molecule has 0 heterocycles. The molecule has 0 saturated heterocycles. The fraction of sp³-hybridized carbons (Fsp3) is 0.857. The molecule has 0 aromatic rings. The highest BCUT2D eigenvalue weighted by molar-refractivity contribution is 8.03. The monoisotopic (exact) mass is 243 g/mol. The minimum Gasteiger partial charge on any atom is -0.329 e. The zero-order valence-corrected chi connectivity index (χ0v) is 12.1. The largest absolute Gasteiger partial charge is 0.329 e. The third kappa shape index (κ3) is 7.34. The Labute approximate surface area is 106 Å². The summed E-state index contributed by atoms with van der Waals surface area (Å²) in [5.41, 5.74) is 5.85. The van der Waals surface area contributed by atoms with Crippen LogP contribution in [0.2, 0.25) is 0 Å². The van der Waals surface area contributed by atoms with Crippen molar-refractivity contribution in [1.82, 2.24) is 0 Å². The lowest BCUT2D eigenvalue weighted by Crippen LogP contribution is -2.24. The predicted octanol–water partition coefficient (Wildman–Crippen LogP) is 4.58. The molecule has 0 bridgehead atoms. The second kappa shape index (κ2) is 10.2.